The maximum Gasteiger partial charge on any atom is 0.293 e. The van der Waals surface area contributed by atoms with Crippen LogP contribution in [0.25, 0.3) is 17.0 Å². The van der Waals surface area contributed by atoms with Gasteiger partial charge in [0.2, 0.25) is 0 Å². The normalized spacial score (nSPS) is 14.8. The van der Waals surface area contributed by atoms with Crippen molar-refractivity contribution in [2.75, 3.05) is 13.2 Å². The molecule has 0 unspecified atom stereocenters. The monoisotopic (exact) mass is 534 g/mol. The number of fused-ring (bicyclic) bond motifs is 1. The lowest BCUT2D eigenvalue weighted by Crippen LogP contribution is -2.32. The van der Waals surface area contributed by atoms with Crippen LogP contribution < -0.4 is 4.74 Å². The molecule has 1 aromatic heterocycles. The van der Waals surface area contributed by atoms with E-state index in [-0.39, 0.29) is 36.7 Å². The molecule has 1 saturated heterocycles. The number of para-hydroxylation sites is 1. The first-order valence-corrected chi connectivity index (χ1v) is 13.0. The maximum absolute atomic E-state index is 14.4. The van der Waals surface area contributed by atoms with Gasteiger partial charge in [-0.05, 0) is 67.1 Å². The van der Waals surface area contributed by atoms with Gasteiger partial charge >= 0.3 is 0 Å². The Hall–Kier alpha value is -3.55. The molecule has 8 heteroatoms. The first-order chi connectivity index (χ1) is 17.8. The maximum atomic E-state index is 14.4. The van der Waals surface area contributed by atoms with Crippen molar-refractivity contribution >= 4 is 51.5 Å². The van der Waals surface area contributed by atoms with Gasteiger partial charge in [0.1, 0.15) is 18.2 Å². The second-order valence-corrected chi connectivity index (χ2v) is 10.3. The molecule has 2 heterocycles. The molecule has 1 aliphatic heterocycles. The quantitative estimate of drug-likeness (QED) is 0.235. The number of ether oxygens (including phenoxy) is 1. The lowest BCUT2D eigenvalue weighted by molar-refractivity contribution is -0.123. The second-order valence-electron chi connectivity index (χ2n) is 8.88. The average Bonchev–Trinajstić information content (AvgIpc) is 3.35. The number of imide groups is 1. The van der Waals surface area contributed by atoms with Crippen LogP contribution in [0.15, 0.2) is 71.8 Å². The summed E-state index contributed by atoms with van der Waals surface area (Å²) in [6.07, 6.45) is 3.57. The van der Waals surface area contributed by atoms with Crippen molar-refractivity contribution in [2.45, 2.75) is 20.4 Å². The number of rotatable bonds is 7. The van der Waals surface area contributed by atoms with Gasteiger partial charge in [-0.2, -0.15) is 0 Å². The third kappa shape index (κ3) is 5.15. The highest BCUT2D eigenvalue weighted by atomic mass is 35.5. The molecule has 188 valence electrons. The molecule has 0 aliphatic carbocycles. The summed E-state index contributed by atoms with van der Waals surface area (Å²) in [6, 6.07) is 18.2. The van der Waals surface area contributed by atoms with Crippen molar-refractivity contribution in [3.05, 3.63) is 105 Å². The van der Waals surface area contributed by atoms with Crippen LogP contribution in [0.4, 0.5) is 9.18 Å². The third-order valence-corrected chi connectivity index (χ3v) is 7.55. The summed E-state index contributed by atoms with van der Waals surface area (Å²) in [5.74, 6) is 0.00912. The van der Waals surface area contributed by atoms with Crippen molar-refractivity contribution in [3.63, 3.8) is 0 Å². The van der Waals surface area contributed by atoms with E-state index in [9.17, 15) is 14.0 Å². The Bertz CT molecular complexity index is 1540. The third-order valence-electron chi connectivity index (χ3n) is 6.29. The molecule has 5 nitrogen and oxygen atoms in total. The Morgan fingerprint density at radius 2 is 1.86 bits per heavy atom. The Morgan fingerprint density at radius 3 is 2.68 bits per heavy atom. The van der Waals surface area contributed by atoms with Crippen molar-refractivity contribution in [1.29, 1.82) is 0 Å². The van der Waals surface area contributed by atoms with Crippen LogP contribution in [0.2, 0.25) is 5.02 Å². The zero-order valence-electron chi connectivity index (χ0n) is 20.3. The Balaban J connectivity index is 1.37. The van der Waals surface area contributed by atoms with Crippen molar-refractivity contribution in [1.82, 2.24) is 9.47 Å². The number of carbonyl (C=O) groups excluding carboxylic acids is 2. The molecule has 0 N–H and O–H groups in total. The smallest absolute Gasteiger partial charge is 0.293 e. The van der Waals surface area contributed by atoms with E-state index in [2.05, 4.69) is 0 Å². The van der Waals surface area contributed by atoms with E-state index in [1.807, 2.05) is 67.1 Å². The lowest BCUT2D eigenvalue weighted by atomic mass is 10.1. The predicted molar refractivity (Wildman–Crippen MR) is 147 cm³/mol. The van der Waals surface area contributed by atoms with E-state index in [0.717, 1.165) is 45.1 Å². The fourth-order valence-corrected chi connectivity index (χ4v) is 5.40. The summed E-state index contributed by atoms with van der Waals surface area (Å²) in [7, 11) is 0. The average molecular weight is 535 g/mol. The van der Waals surface area contributed by atoms with Gasteiger partial charge in [-0.15, -0.1) is 0 Å². The minimum atomic E-state index is -0.379. The van der Waals surface area contributed by atoms with Gasteiger partial charge < -0.3 is 9.30 Å². The summed E-state index contributed by atoms with van der Waals surface area (Å²) in [6.45, 7) is 4.53. The Labute approximate surface area is 223 Å². The number of halogens is 2. The predicted octanol–water partition coefficient (Wildman–Crippen LogP) is 7.21. The minimum absolute atomic E-state index is 0.156. The largest absolute Gasteiger partial charge is 0.491 e. The SMILES string of the molecule is Cc1ccc(C)c(OCCN2C(=O)S/C(=C\c3cn(Cc4c(F)cccc4Cl)c4ccccc34)C2=O)c1. The van der Waals surface area contributed by atoms with Gasteiger partial charge in [-0.1, -0.05) is 48.0 Å². The number of nitrogens with zero attached hydrogens (tertiary/aromatic N) is 2. The number of hydrogen-bond acceptors (Lipinski definition) is 4. The van der Waals surface area contributed by atoms with Crippen LogP contribution in [0, 0.1) is 19.7 Å². The Kier molecular flexibility index (Phi) is 7.09. The van der Waals surface area contributed by atoms with Crippen molar-refractivity contribution in [3.8, 4) is 5.75 Å². The van der Waals surface area contributed by atoms with Crippen molar-refractivity contribution < 1.29 is 18.7 Å². The first-order valence-electron chi connectivity index (χ1n) is 11.8. The summed E-state index contributed by atoms with van der Waals surface area (Å²) in [5, 5.41) is 0.909. The van der Waals surface area contributed by atoms with Gasteiger partial charge in [0.05, 0.1) is 18.0 Å². The van der Waals surface area contributed by atoms with E-state index in [0.29, 0.717) is 15.5 Å². The lowest BCUT2D eigenvalue weighted by Gasteiger charge is -2.14. The summed E-state index contributed by atoms with van der Waals surface area (Å²) >= 11 is 7.16. The number of hydrogen-bond donors (Lipinski definition) is 0. The molecule has 0 spiro atoms. The fourth-order valence-electron chi connectivity index (χ4n) is 4.32. The van der Waals surface area contributed by atoms with Crippen molar-refractivity contribution in [2.24, 2.45) is 0 Å². The molecule has 1 fully saturated rings. The van der Waals surface area contributed by atoms with Gasteiger partial charge in [0.15, 0.2) is 0 Å². The second kappa shape index (κ2) is 10.4. The molecule has 3 aromatic carbocycles. The van der Waals surface area contributed by atoms with Gasteiger partial charge in [0, 0.05) is 33.2 Å². The fraction of sp³-hybridized carbons (Fsp3) is 0.172. The van der Waals surface area contributed by atoms with E-state index in [4.69, 9.17) is 16.3 Å². The van der Waals surface area contributed by atoms with Crippen LogP contribution >= 0.6 is 23.4 Å². The molecule has 0 atom stereocenters. The summed E-state index contributed by atoms with van der Waals surface area (Å²) < 4.78 is 22.2. The number of thioether (sulfide) groups is 1. The van der Waals surface area contributed by atoms with E-state index >= 15 is 0 Å². The number of aryl methyl sites for hydroxylation is 2. The van der Waals surface area contributed by atoms with Crippen LogP contribution in [0.5, 0.6) is 5.75 Å². The van der Waals surface area contributed by atoms with Crippen LogP contribution in [-0.4, -0.2) is 33.8 Å². The highest BCUT2D eigenvalue weighted by Crippen LogP contribution is 2.34. The highest BCUT2D eigenvalue weighted by molar-refractivity contribution is 8.18. The number of benzene rings is 3. The van der Waals surface area contributed by atoms with Crippen LogP contribution in [0.1, 0.15) is 22.3 Å². The molecular weight excluding hydrogens is 511 g/mol. The van der Waals surface area contributed by atoms with Gasteiger partial charge in [-0.25, -0.2) is 4.39 Å². The van der Waals surface area contributed by atoms with E-state index in [1.54, 1.807) is 18.2 Å². The zero-order valence-corrected chi connectivity index (χ0v) is 21.9. The highest BCUT2D eigenvalue weighted by Gasteiger charge is 2.35. The van der Waals surface area contributed by atoms with Gasteiger partial charge in [-0.3, -0.25) is 14.5 Å². The molecule has 4 aromatic rings. The van der Waals surface area contributed by atoms with E-state index < -0.39 is 0 Å². The Morgan fingerprint density at radius 1 is 1.05 bits per heavy atom. The zero-order chi connectivity index (χ0) is 26.1. The molecule has 1 aliphatic rings. The molecular formula is C29H24ClFN2O3S. The molecule has 0 saturated carbocycles. The molecule has 37 heavy (non-hydrogen) atoms. The molecule has 2 amide bonds. The first kappa shape index (κ1) is 25.1. The molecule has 0 bridgehead atoms. The minimum Gasteiger partial charge on any atom is -0.491 e. The standard InChI is InChI=1S/C29H24ClFN2O3S/c1-18-10-11-19(2)26(14-18)36-13-12-33-28(34)27(37-29(33)35)15-20-16-32(25-9-4-3-6-21(20)25)17-22-23(30)7-5-8-24(22)31/h3-11,14-16H,12-13,17H2,1-2H3/b27-15-. The number of amides is 2. The summed E-state index contributed by atoms with van der Waals surface area (Å²) in [5.41, 5.74) is 4.09. The molecule has 0 radical (unpaired) electrons. The number of aromatic nitrogens is 1. The van der Waals surface area contributed by atoms with Crippen LogP contribution in [-0.2, 0) is 11.3 Å². The summed E-state index contributed by atoms with van der Waals surface area (Å²) in [4.78, 5) is 27.3. The topological polar surface area (TPSA) is 51.5 Å². The number of carbonyl (C=O) groups is 2. The van der Waals surface area contributed by atoms with Gasteiger partial charge in [0.25, 0.3) is 11.1 Å². The van der Waals surface area contributed by atoms with E-state index in [1.165, 1.54) is 11.0 Å². The molecule has 5 rings (SSSR count). The van der Waals surface area contributed by atoms with Crippen LogP contribution in [0.3, 0.4) is 0 Å².